The summed E-state index contributed by atoms with van der Waals surface area (Å²) in [5.74, 6) is 0. The first kappa shape index (κ1) is 18.3. The van der Waals surface area contributed by atoms with E-state index in [0.29, 0.717) is 6.42 Å². The minimum absolute atomic E-state index is 0.171. The Hall–Kier alpha value is -1.71. The summed E-state index contributed by atoms with van der Waals surface area (Å²) in [5, 5.41) is 23.2. The topological polar surface area (TPSA) is 122 Å². The van der Waals surface area contributed by atoms with E-state index in [9.17, 15) is 18.5 Å². The molecule has 3 N–H and O–H groups in total. The number of nitrogens with one attached hydrogen (secondary N) is 2. The monoisotopic (exact) mass is 331 g/mol. The zero-order valence-corrected chi connectivity index (χ0v) is 13.6. The van der Waals surface area contributed by atoms with Crippen molar-refractivity contribution in [1.82, 2.24) is 4.72 Å². The van der Waals surface area contributed by atoms with Gasteiger partial charge in [-0.25, -0.2) is 13.1 Å². The number of benzene rings is 1. The second kappa shape index (κ2) is 7.52. The Bertz CT molecular complexity index is 627. The van der Waals surface area contributed by atoms with Crippen molar-refractivity contribution in [2.75, 3.05) is 11.9 Å². The van der Waals surface area contributed by atoms with Gasteiger partial charge in [0.15, 0.2) is 0 Å². The van der Waals surface area contributed by atoms with Crippen LogP contribution < -0.4 is 10.0 Å². The molecule has 124 valence electrons. The van der Waals surface area contributed by atoms with Crippen LogP contribution >= 0.6 is 0 Å². The molecule has 1 atom stereocenters. The third-order valence-corrected chi connectivity index (χ3v) is 4.60. The number of hydrogen-bond acceptors (Lipinski definition) is 6. The van der Waals surface area contributed by atoms with Gasteiger partial charge in [-0.15, -0.1) is 0 Å². The third-order valence-electron chi connectivity index (χ3n) is 2.94. The lowest BCUT2D eigenvalue weighted by molar-refractivity contribution is -0.384. The summed E-state index contributed by atoms with van der Waals surface area (Å²) in [6.45, 7) is 4.97. The SMILES string of the molecule is CC[C@H](CO)Nc1ccc(S(=O)(=O)NC(C)C)cc1[N+](=O)[O-]. The summed E-state index contributed by atoms with van der Waals surface area (Å²) in [6.07, 6.45) is 0.572. The molecular formula is C13H21N3O5S. The molecule has 0 aliphatic rings. The molecule has 0 radical (unpaired) electrons. The lowest BCUT2D eigenvalue weighted by Crippen LogP contribution is -2.30. The van der Waals surface area contributed by atoms with Crippen molar-refractivity contribution in [3.05, 3.63) is 28.3 Å². The van der Waals surface area contributed by atoms with Crippen LogP contribution in [0.25, 0.3) is 0 Å². The maximum Gasteiger partial charge on any atom is 0.293 e. The highest BCUT2D eigenvalue weighted by molar-refractivity contribution is 7.89. The van der Waals surface area contributed by atoms with E-state index in [2.05, 4.69) is 10.0 Å². The summed E-state index contributed by atoms with van der Waals surface area (Å²) in [7, 11) is -3.80. The maximum absolute atomic E-state index is 12.1. The molecule has 8 nitrogen and oxygen atoms in total. The average Bonchev–Trinajstić information content (AvgIpc) is 2.43. The molecule has 0 saturated heterocycles. The molecule has 1 rings (SSSR count). The highest BCUT2D eigenvalue weighted by atomic mass is 32.2. The van der Waals surface area contributed by atoms with Crippen molar-refractivity contribution in [2.24, 2.45) is 0 Å². The summed E-state index contributed by atoms with van der Waals surface area (Å²) >= 11 is 0. The lowest BCUT2D eigenvalue weighted by atomic mass is 10.2. The molecule has 0 aliphatic heterocycles. The van der Waals surface area contributed by atoms with Crippen LogP contribution in [0.2, 0.25) is 0 Å². The number of nitrogens with zero attached hydrogens (tertiary/aromatic N) is 1. The summed E-state index contributed by atoms with van der Waals surface area (Å²) in [5.41, 5.74) is -0.173. The fourth-order valence-corrected chi connectivity index (χ4v) is 3.10. The fraction of sp³-hybridized carbons (Fsp3) is 0.538. The Morgan fingerprint density at radius 1 is 1.36 bits per heavy atom. The summed E-state index contributed by atoms with van der Waals surface area (Å²) < 4.78 is 26.5. The summed E-state index contributed by atoms with van der Waals surface area (Å²) in [6, 6.07) is 2.99. The second-order valence-corrected chi connectivity index (χ2v) is 6.86. The van der Waals surface area contributed by atoms with Crippen molar-refractivity contribution in [3.63, 3.8) is 0 Å². The maximum atomic E-state index is 12.1. The van der Waals surface area contributed by atoms with E-state index in [4.69, 9.17) is 5.11 Å². The normalized spacial score (nSPS) is 13.1. The van der Waals surface area contributed by atoms with Crippen LogP contribution in [-0.2, 0) is 10.0 Å². The fourth-order valence-electron chi connectivity index (χ4n) is 1.83. The number of anilines is 1. The highest BCUT2D eigenvalue weighted by Crippen LogP contribution is 2.28. The van der Waals surface area contributed by atoms with Crippen molar-refractivity contribution in [3.8, 4) is 0 Å². The molecule has 0 aliphatic carbocycles. The van der Waals surface area contributed by atoms with E-state index >= 15 is 0 Å². The summed E-state index contributed by atoms with van der Waals surface area (Å²) in [4.78, 5) is 10.3. The molecule has 0 fully saturated rings. The lowest BCUT2D eigenvalue weighted by Gasteiger charge is -2.16. The number of nitro groups is 1. The van der Waals surface area contributed by atoms with Gasteiger partial charge in [0.1, 0.15) is 5.69 Å². The van der Waals surface area contributed by atoms with Gasteiger partial charge in [-0.3, -0.25) is 10.1 Å². The van der Waals surface area contributed by atoms with Crippen molar-refractivity contribution < 1.29 is 18.4 Å². The van der Waals surface area contributed by atoms with Gasteiger partial charge in [-0.05, 0) is 32.4 Å². The Kier molecular flexibility index (Phi) is 6.27. The van der Waals surface area contributed by atoms with E-state index in [1.165, 1.54) is 12.1 Å². The van der Waals surface area contributed by atoms with E-state index in [1.54, 1.807) is 13.8 Å². The molecular weight excluding hydrogens is 310 g/mol. The number of nitro benzene ring substituents is 1. The zero-order chi connectivity index (χ0) is 16.9. The average molecular weight is 331 g/mol. The molecule has 0 saturated carbocycles. The zero-order valence-electron chi connectivity index (χ0n) is 12.7. The molecule has 1 aromatic carbocycles. The van der Waals surface area contributed by atoms with E-state index in [0.717, 1.165) is 6.07 Å². The molecule has 0 unspecified atom stereocenters. The predicted octanol–water partition coefficient (Wildman–Crippen LogP) is 1.46. The molecule has 0 amide bonds. The van der Waals surface area contributed by atoms with Gasteiger partial charge < -0.3 is 10.4 Å². The molecule has 0 bridgehead atoms. The Morgan fingerprint density at radius 3 is 2.45 bits per heavy atom. The van der Waals surface area contributed by atoms with Gasteiger partial charge in [0.25, 0.3) is 5.69 Å². The molecule has 22 heavy (non-hydrogen) atoms. The smallest absolute Gasteiger partial charge is 0.293 e. The van der Waals surface area contributed by atoms with Gasteiger partial charge in [-0.2, -0.15) is 0 Å². The Balaban J connectivity index is 3.23. The van der Waals surface area contributed by atoms with E-state index < -0.39 is 14.9 Å². The first-order chi connectivity index (χ1) is 10.2. The van der Waals surface area contributed by atoms with E-state index in [1.807, 2.05) is 6.92 Å². The first-order valence-electron chi connectivity index (χ1n) is 6.89. The number of aliphatic hydroxyl groups is 1. The van der Waals surface area contributed by atoms with Crippen LogP contribution in [0.4, 0.5) is 11.4 Å². The highest BCUT2D eigenvalue weighted by Gasteiger charge is 2.22. The molecule has 0 aromatic heterocycles. The minimum Gasteiger partial charge on any atom is -0.394 e. The third kappa shape index (κ3) is 4.65. The molecule has 1 aromatic rings. The van der Waals surface area contributed by atoms with Gasteiger partial charge in [0.2, 0.25) is 10.0 Å². The molecule has 9 heteroatoms. The van der Waals surface area contributed by atoms with Crippen LogP contribution in [0.1, 0.15) is 27.2 Å². The number of rotatable bonds is 8. The van der Waals surface area contributed by atoms with Gasteiger partial charge in [0, 0.05) is 18.2 Å². The Morgan fingerprint density at radius 2 is 2.00 bits per heavy atom. The Labute approximate surface area is 129 Å². The van der Waals surface area contributed by atoms with Crippen LogP contribution in [0.3, 0.4) is 0 Å². The van der Waals surface area contributed by atoms with E-state index in [-0.39, 0.29) is 35.0 Å². The largest absolute Gasteiger partial charge is 0.394 e. The van der Waals surface area contributed by atoms with Crippen LogP contribution in [0.5, 0.6) is 0 Å². The first-order valence-corrected chi connectivity index (χ1v) is 8.37. The van der Waals surface area contributed by atoms with Crippen molar-refractivity contribution >= 4 is 21.4 Å². The minimum atomic E-state index is -3.80. The second-order valence-electron chi connectivity index (χ2n) is 5.14. The van der Waals surface area contributed by atoms with Crippen LogP contribution in [0.15, 0.2) is 23.1 Å². The van der Waals surface area contributed by atoms with Gasteiger partial charge >= 0.3 is 0 Å². The predicted molar refractivity (Wildman–Crippen MR) is 83.3 cm³/mol. The molecule has 0 spiro atoms. The number of aliphatic hydroxyl groups excluding tert-OH is 1. The molecule has 0 heterocycles. The van der Waals surface area contributed by atoms with Crippen LogP contribution in [-0.4, -0.2) is 37.1 Å². The van der Waals surface area contributed by atoms with Crippen molar-refractivity contribution in [1.29, 1.82) is 0 Å². The van der Waals surface area contributed by atoms with Gasteiger partial charge in [0.05, 0.1) is 16.4 Å². The van der Waals surface area contributed by atoms with Crippen LogP contribution in [0, 0.1) is 10.1 Å². The quantitative estimate of drug-likeness (QED) is 0.490. The van der Waals surface area contributed by atoms with Gasteiger partial charge in [-0.1, -0.05) is 6.92 Å². The van der Waals surface area contributed by atoms with Crippen molar-refractivity contribution in [2.45, 2.75) is 44.2 Å². The number of sulfonamides is 1. The number of hydrogen-bond donors (Lipinski definition) is 3. The standard InChI is InChI=1S/C13H21N3O5S/c1-4-10(8-17)14-12-6-5-11(7-13(12)16(18)19)22(20,21)15-9(2)3/h5-7,9-10,14-15,17H,4,8H2,1-3H3/t10-/m1/s1.